The van der Waals surface area contributed by atoms with Gasteiger partial charge in [0.25, 0.3) is 0 Å². The SMILES string of the molecule is NCC1(C(=O)N2CCN3CCCC3C2)COC1. The van der Waals surface area contributed by atoms with E-state index in [-0.39, 0.29) is 5.91 Å². The van der Waals surface area contributed by atoms with Gasteiger partial charge in [-0.25, -0.2) is 0 Å². The fourth-order valence-corrected chi connectivity index (χ4v) is 3.19. The zero-order chi connectivity index (χ0) is 11.9. The maximum absolute atomic E-state index is 12.5. The Morgan fingerprint density at radius 2 is 2.18 bits per heavy atom. The quantitative estimate of drug-likeness (QED) is 0.690. The summed E-state index contributed by atoms with van der Waals surface area (Å²) in [6.45, 7) is 5.41. The van der Waals surface area contributed by atoms with Crippen LogP contribution >= 0.6 is 0 Å². The molecule has 3 fully saturated rings. The van der Waals surface area contributed by atoms with Crippen LogP contribution in [0.4, 0.5) is 0 Å². The number of amides is 1. The topological polar surface area (TPSA) is 58.8 Å². The molecule has 0 spiro atoms. The number of ether oxygens (including phenoxy) is 1. The third kappa shape index (κ3) is 1.77. The zero-order valence-corrected chi connectivity index (χ0v) is 10.2. The van der Waals surface area contributed by atoms with E-state index in [4.69, 9.17) is 10.5 Å². The molecule has 3 rings (SSSR count). The van der Waals surface area contributed by atoms with Crippen LogP contribution in [-0.4, -0.2) is 67.7 Å². The van der Waals surface area contributed by atoms with E-state index in [2.05, 4.69) is 4.90 Å². The lowest BCUT2D eigenvalue weighted by Gasteiger charge is -2.45. The Kier molecular flexibility index (Phi) is 2.84. The molecule has 0 aromatic heterocycles. The summed E-state index contributed by atoms with van der Waals surface area (Å²) in [5.41, 5.74) is 5.34. The van der Waals surface area contributed by atoms with Crippen molar-refractivity contribution in [1.82, 2.24) is 9.80 Å². The Labute approximate surface area is 102 Å². The molecule has 17 heavy (non-hydrogen) atoms. The lowest BCUT2D eigenvalue weighted by molar-refractivity contribution is -0.172. The summed E-state index contributed by atoms with van der Waals surface area (Å²) < 4.78 is 5.19. The van der Waals surface area contributed by atoms with Gasteiger partial charge in [0.1, 0.15) is 5.41 Å². The first-order chi connectivity index (χ1) is 8.25. The summed E-state index contributed by atoms with van der Waals surface area (Å²) >= 11 is 0. The molecule has 5 heteroatoms. The van der Waals surface area contributed by atoms with Crippen LogP contribution < -0.4 is 5.73 Å². The van der Waals surface area contributed by atoms with Crippen LogP contribution in [0, 0.1) is 5.41 Å². The molecule has 96 valence electrons. The van der Waals surface area contributed by atoms with E-state index in [1.165, 1.54) is 19.4 Å². The first-order valence-corrected chi connectivity index (χ1v) is 6.56. The van der Waals surface area contributed by atoms with E-state index in [1.807, 2.05) is 4.90 Å². The van der Waals surface area contributed by atoms with Gasteiger partial charge in [-0.3, -0.25) is 9.69 Å². The van der Waals surface area contributed by atoms with Crippen molar-refractivity contribution in [1.29, 1.82) is 0 Å². The Bertz CT molecular complexity index is 311. The molecule has 2 N–H and O–H groups in total. The number of nitrogens with two attached hydrogens (primary N) is 1. The molecular weight excluding hydrogens is 218 g/mol. The Morgan fingerprint density at radius 3 is 2.82 bits per heavy atom. The highest BCUT2D eigenvalue weighted by Gasteiger charge is 2.48. The number of carbonyl (C=O) groups excluding carboxylic acids is 1. The van der Waals surface area contributed by atoms with Gasteiger partial charge in [-0.15, -0.1) is 0 Å². The average Bonchev–Trinajstić information content (AvgIpc) is 2.74. The van der Waals surface area contributed by atoms with Gasteiger partial charge >= 0.3 is 0 Å². The second kappa shape index (κ2) is 4.23. The maximum atomic E-state index is 12.5. The van der Waals surface area contributed by atoms with Gasteiger partial charge in [-0.1, -0.05) is 0 Å². The molecule has 0 aliphatic carbocycles. The molecule has 0 bridgehead atoms. The number of nitrogens with zero attached hydrogens (tertiary/aromatic N) is 2. The van der Waals surface area contributed by atoms with Crippen LogP contribution in [0.1, 0.15) is 12.8 Å². The molecule has 1 amide bonds. The number of carbonyl (C=O) groups is 1. The second-order valence-corrected chi connectivity index (χ2v) is 5.56. The van der Waals surface area contributed by atoms with Crippen LogP contribution in [0.5, 0.6) is 0 Å². The first kappa shape index (κ1) is 11.4. The third-order valence-corrected chi connectivity index (χ3v) is 4.48. The largest absolute Gasteiger partial charge is 0.379 e. The number of rotatable bonds is 2. The van der Waals surface area contributed by atoms with E-state index in [0.29, 0.717) is 25.8 Å². The summed E-state index contributed by atoms with van der Waals surface area (Å²) in [6.07, 6.45) is 2.51. The van der Waals surface area contributed by atoms with E-state index >= 15 is 0 Å². The smallest absolute Gasteiger partial charge is 0.234 e. The minimum absolute atomic E-state index is 0.220. The van der Waals surface area contributed by atoms with Gasteiger partial charge in [0, 0.05) is 32.2 Å². The summed E-state index contributed by atoms with van der Waals surface area (Å²) in [6, 6.07) is 0.587. The molecular formula is C12H21N3O2. The monoisotopic (exact) mass is 239 g/mol. The lowest BCUT2D eigenvalue weighted by atomic mass is 9.84. The van der Waals surface area contributed by atoms with Crippen LogP contribution in [-0.2, 0) is 9.53 Å². The van der Waals surface area contributed by atoms with Crippen LogP contribution in [0.2, 0.25) is 0 Å². The predicted octanol–water partition coefficient (Wildman–Crippen LogP) is -0.732. The zero-order valence-electron chi connectivity index (χ0n) is 10.2. The molecule has 1 unspecified atom stereocenters. The molecule has 0 aromatic carbocycles. The van der Waals surface area contributed by atoms with Gasteiger partial charge in [0.2, 0.25) is 5.91 Å². The fourth-order valence-electron chi connectivity index (χ4n) is 3.19. The van der Waals surface area contributed by atoms with E-state index in [9.17, 15) is 4.79 Å². The molecule has 0 saturated carbocycles. The third-order valence-electron chi connectivity index (χ3n) is 4.48. The molecule has 0 aromatic rings. The maximum Gasteiger partial charge on any atom is 0.234 e. The van der Waals surface area contributed by atoms with E-state index in [1.54, 1.807) is 0 Å². The Morgan fingerprint density at radius 1 is 1.35 bits per heavy atom. The van der Waals surface area contributed by atoms with Gasteiger partial charge in [-0.05, 0) is 19.4 Å². The highest BCUT2D eigenvalue weighted by Crippen LogP contribution is 2.31. The van der Waals surface area contributed by atoms with Gasteiger partial charge in [-0.2, -0.15) is 0 Å². The summed E-state index contributed by atoms with van der Waals surface area (Å²) in [5.74, 6) is 0.220. The van der Waals surface area contributed by atoms with Crippen molar-refractivity contribution < 1.29 is 9.53 Å². The highest BCUT2D eigenvalue weighted by atomic mass is 16.5. The summed E-state index contributed by atoms with van der Waals surface area (Å²) in [5, 5.41) is 0. The van der Waals surface area contributed by atoms with E-state index < -0.39 is 5.41 Å². The van der Waals surface area contributed by atoms with Crippen molar-refractivity contribution in [3.63, 3.8) is 0 Å². The fraction of sp³-hybridized carbons (Fsp3) is 0.917. The summed E-state index contributed by atoms with van der Waals surface area (Å²) in [4.78, 5) is 17.0. The molecule has 0 radical (unpaired) electrons. The number of fused-ring (bicyclic) bond motifs is 1. The van der Waals surface area contributed by atoms with Crippen LogP contribution in [0.3, 0.4) is 0 Å². The van der Waals surface area contributed by atoms with Crippen molar-refractivity contribution in [3.8, 4) is 0 Å². The van der Waals surface area contributed by atoms with Gasteiger partial charge < -0.3 is 15.4 Å². The Balaban J connectivity index is 1.66. The minimum Gasteiger partial charge on any atom is -0.379 e. The molecule has 1 atom stereocenters. The normalized spacial score (nSPS) is 32.1. The highest BCUT2D eigenvalue weighted by molar-refractivity contribution is 5.84. The predicted molar refractivity (Wildman–Crippen MR) is 63.5 cm³/mol. The van der Waals surface area contributed by atoms with Crippen molar-refractivity contribution in [2.75, 3.05) is 45.9 Å². The van der Waals surface area contributed by atoms with Crippen molar-refractivity contribution >= 4 is 5.91 Å². The minimum atomic E-state index is -0.402. The van der Waals surface area contributed by atoms with Crippen LogP contribution in [0.15, 0.2) is 0 Å². The molecule has 3 heterocycles. The van der Waals surface area contributed by atoms with Crippen molar-refractivity contribution in [3.05, 3.63) is 0 Å². The lowest BCUT2D eigenvalue weighted by Crippen LogP contribution is -2.62. The number of piperazine rings is 1. The van der Waals surface area contributed by atoms with Gasteiger partial charge in [0.15, 0.2) is 0 Å². The van der Waals surface area contributed by atoms with Crippen molar-refractivity contribution in [2.24, 2.45) is 11.1 Å². The average molecular weight is 239 g/mol. The molecule has 3 saturated heterocycles. The van der Waals surface area contributed by atoms with Crippen molar-refractivity contribution in [2.45, 2.75) is 18.9 Å². The molecule has 3 aliphatic rings. The Hall–Kier alpha value is -0.650. The van der Waals surface area contributed by atoms with Crippen LogP contribution in [0.25, 0.3) is 0 Å². The number of hydrogen-bond donors (Lipinski definition) is 1. The first-order valence-electron chi connectivity index (χ1n) is 6.56. The standard InChI is InChI=1S/C12H21N3O2/c13-7-12(8-17-9-12)11(16)15-5-4-14-3-1-2-10(14)6-15/h10H,1-9,13H2. The molecule has 5 nitrogen and oxygen atoms in total. The van der Waals surface area contributed by atoms with E-state index in [0.717, 1.165) is 19.6 Å². The second-order valence-electron chi connectivity index (χ2n) is 5.56. The summed E-state index contributed by atoms with van der Waals surface area (Å²) in [7, 11) is 0. The molecule has 3 aliphatic heterocycles. The number of hydrogen-bond acceptors (Lipinski definition) is 4. The van der Waals surface area contributed by atoms with Gasteiger partial charge in [0.05, 0.1) is 13.2 Å².